The highest BCUT2D eigenvalue weighted by atomic mass is 127. The number of benzene rings is 1. The van der Waals surface area contributed by atoms with Crippen LogP contribution in [0.1, 0.15) is 37.8 Å². The van der Waals surface area contributed by atoms with Crippen LogP contribution in [0.3, 0.4) is 0 Å². The van der Waals surface area contributed by atoms with E-state index < -0.39 is 11.6 Å². The number of hydrogen-bond acceptors (Lipinski definition) is 3. The third kappa shape index (κ3) is 6.50. The highest BCUT2D eigenvalue weighted by molar-refractivity contribution is 14.0. The van der Waals surface area contributed by atoms with E-state index in [9.17, 15) is 8.78 Å². The number of nitrogens with zero attached hydrogens (tertiary/aromatic N) is 4. The first-order chi connectivity index (χ1) is 14.0. The lowest BCUT2D eigenvalue weighted by Crippen LogP contribution is -2.54. The molecule has 1 aromatic rings. The van der Waals surface area contributed by atoms with Gasteiger partial charge in [-0.1, -0.05) is 13.0 Å². The van der Waals surface area contributed by atoms with Gasteiger partial charge in [0.15, 0.2) is 5.96 Å². The molecule has 2 heterocycles. The van der Waals surface area contributed by atoms with Gasteiger partial charge in [0.05, 0.1) is 0 Å². The third-order valence-electron chi connectivity index (χ3n) is 6.25. The molecule has 2 fully saturated rings. The maximum atomic E-state index is 14.3. The number of halogens is 3. The van der Waals surface area contributed by atoms with E-state index in [-0.39, 0.29) is 30.0 Å². The highest BCUT2D eigenvalue weighted by Crippen LogP contribution is 2.28. The molecular formula is C22H36F2IN5. The van der Waals surface area contributed by atoms with Crippen LogP contribution in [0.4, 0.5) is 8.78 Å². The zero-order valence-electron chi connectivity index (χ0n) is 18.4. The molecular weight excluding hydrogens is 499 g/mol. The molecule has 2 unspecified atom stereocenters. The molecule has 2 atom stereocenters. The van der Waals surface area contributed by atoms with Gasteiger partial charge in [0.2, 0.25) is 0 Å². The van der Waals surface area contributed by atoms with E-state index in [0.29, 0.717) is 11.5 Å². The summed E-state index contributed by atoms with van der Waals surface area (Å²) in [5, 5.41) is 3.56. The topological polar surface area (TPSA) is 34.1 Å². The van der Waals surface area contributed by atoms with Crippen molar-refractivity contribution in [1.82, 2.24) is 20.0 Å². The Balaban J connectivity index is 0.00000320. The van der Waals surface area contributed by atoms with Crippen LogP contribution in [-0.2, 0) is 0 Å². The summed E-state index contributed by atoms with van der Waals surface area (Å²) in [7, 11) is 4.03. The van der Waals surface area contributed by atoms with E-state index in [0.717, 1.165) is 57.7 Å². The van der Waals surface area contributed by atoms with Crippen LogP contribution in [0, 0.1) is 17.6 Å². The van der Waals surface area contributed by atoms with Gasteiger partial charge in [-0.2, -0.15) is 0 Å². The van der Waals surface area contributed by atoms with Crippen LogP contribution in [0.2, 0.25) is 0 Å². The fourth-order valence-corrected chi connectivity index (χ4v) is 4.70. The van der Waals surface area contributed by atoms with E-state index in [4.69, 9.17) is 0 Å². The fraction of sp³-hybridized carbons (Fsp3) is 0.682. The Morgan fingerprint density at radius 2 is 1.93 bits per heavy atom. The molecule has 0 saturated carbocycles. The summed E-state index contributed by atoms with van der Waals surface area (Å²) >= 11 is 0. The third-order valence-corrected chi connectivity index (χ3v) is 6.25. The number of piperidine rings is 1. The normalized spacial score (nSPS) is 22.5. The molecule has 3 rings (SSSR count). The van der Waals surface area contributed by atoms with Gasteiger partial charge in [0, 0.05) is 64.0 Å². The van der Waals surface area contributed by atoms with Crippen molar-refractivity contribution in [1.29, 1.82) is 0 Å². The molecule has 0 aromatic heterocycles. The van der Waals surface area contributed by atoms with Crippen LogP contribution < -0.4 is 5.32 Å². The van der Waals surface area contributed by atoms with Crippen molar-refractivity contribution in [3.05, 3.63) is 35.4 Å². The summed E-state index contributed by atoms with van der Waals surface area (Å²) in [6, 6.07) is 3.91. The monoisotopic (exact) mass is 535 g/mol. The molecule has 8 heteroatoms. The van der Waals surface area contributed by atoms with Gasteiger partial charge < -0.3 is 15.1 Å². The number of nitrogens with one attached hydrogen (secondary N) is 1. The van der Waals surface area contributed by atoms with Crippen molar-refractivity contribution < 1.29 is 8.78 Å². The largest absolute Gasteiger partial charge is 0.356 e. The van der Waals surface area contributed by atoms with Crippen LogP contribution in [0.25, 0.3) is 0 Å². The summed E-state index contributed by atoms with van der Waals surface area (Å²) in [4.78, 5) is 11.5. The van der Waals surface area contributed by atoms with Crippen molar-refractivity contribution in [2.45, 2.75) is 32.2 Å². The molecule has 0 bridgehead atoms. The number of piperazine rings is 1. The summed E-state index contributed by atoms with van der Waals surface area (Å²) < 4.78 is 27.6. The lowest BCUT2D eigenvalue weighted by Gasteiger charge is -2.40. The first-order valence-corrected chi connectivity index (χ1v) is 10.8. The number of rotatable bonds is 5. The first kappa shape index (κ1) is 25.3. The quantitative estimate of drug-likeness (QED) is 0.355. The maximum Gasteiger partial charge on any atom is 0.193 e. The van der Waals surface area contributed by atoms with Gasteiger partial charge in [0.1, 0.15) is 11.6 Å². The van der Waals surface area contributed by atoms with Gasteiger partial charge in [0.25, 0.3) is 0 Å². The molecule has 2 aliphatic rings. The molecule has 5 nitrogen and oxygen atoms in total. The first-order valence-electron chi connectivity index (χ1n) is 10.8. The molecule has 0 spiro atoms. The van der Waals surface area contributed by atoms with Gasteiger partial charge in [-0.3, -0.25) is 9.89 Å². The van der Waals surface area contributed by atoms with Crippen LogP contribution in [-0.4, -0.2) is 80.6 Å². The minimum atomic E-state index is -0.523. The average molecular weight is 535 g/mol. The zero-order valence-corrected chi connectivity index (χ0v) is 20.7. The molecule has 170 valence electrons. The molecule has 0 radical (unpaired) electrons. The summed E-state index contributed by atoms with van der Waals surface area (Å²) in [5.74, 6) is 0.649. The number of hydrogen-bond donors (Lipinski definition) is 1. The van der Waals surface area contributed by atoms with Gasteiger partial charge in [-0.25, -0.2) is 8.78 Å². The van der Waals surface area contributed by atoms with E-state index >= 15 is 0 Å². The van der Waals surface area contributed by atoms with Gasteiger partial charge in [-0.05, 0) is 44.8 Å². The molecule has 0 aliphatic carbocycles. The van der Waals surface area contributed by atoms with Gasteiger partial charge in [-0.15, -0.1) is 24.0 Å². The van der Waals surface area contributed by atoms with E-state index in [1.54, 1.807) is 6.07 Å². The van der Waals surface area contributed by atoms with Crippen molar-refractivity contribution in [3.8, 4) is 0 Å². The average Bonchev–Trinajstić information content (AvgIpc) is 2.71. The smallest absolute Gasteiger partial charge is 0.193 e. The van der Waals surface area contributed by atoms with Gasteiger partial charge >= 0.3 is 0 Å². The molecule has 2 aliphatic heterocycles. The second-order valence-electron chi connectivity index (χ2n) is 8.31. The Bertz CT molecular complexity index is 694. The SMILES string of the molecule is CCC(c1ccc(F)cc1F)N1CCN(C(=NC)NCC2CCCN(C)C2)CC1.I. The van der Waals surface area contributed by atoms with E-state index in [2.05, 4.69) is 39.0 Å². The second kappa shape index (κ2) is 12.1. The number of aliphatic imine (C=N–C) groups is 1. The Kier molecular flexibility index (Phi) is 10.2. The minimum Gasteiger partial charge on any atom is -0.356 e. The standard InChI is InChI=1S/C22H35F2N5.HI/c1-4-21(19-8-7-18(23)14-20(19)24)28-10-12-29(13-11-28)22(25-2)26-15-17-6-5-9-27(3)16-17;/h7-8,14,17,21H,4-6,9-13,15-16H2,1-3H3,(H,25,26);1H. The number of likely N-dealkylation sites (tertiary alicyclic amines) is 1. The zero-order chi connectivity index (χ0) is 20.8. The summed E-state index contributed by atoms with van der Waals surface area (Å²) in [5.41, 5.74) is 0.589. The van der Waals surface area contributed by atoms with Crippen molar-refractivity contribution >= 4 is 29.9 Å². The van der Waals surface area contributed by atoms with Crippen LogP contribution >= 0.6 is 24.0 Å². The predicted molar refractivity (Wildman–Crippen MR) is 130 cm³/mol. The molecule has 2 saturated heterocycles. The lowest BCUT2D eigenvalue weighted by atomic mass is 9.98. The Morgan fingerprint density at radius 1 is 1.20 bits per heavy atom. The Hall–Kier alpha value is -1.00. The van der Waals surface area contributed by atoms with Crippen molar-refractivity contribution in [2.75, 3.05) is 59.9 Å². The fourth-order valence-electron chi connectivity index (χ4n) is 4.70. The number of guanidine groups is 1. The van der Waals surface area contributed by atoms with Crippen LogP contribution in [0.5, 0.6) is 0 Å². The Labute approximate surface area is 196 Å². The minimum absolute atomic E-state index is 0. The molecule has 1 N–H and O–H groups in total. The Morgan fingerprint density at radius 3 is 2.53 bits per heavy atom. The predicted octanol–water partition coefficient (Wildman–Crippen LogP) is 3.57. The molecule has 30 heavy (non-hydrogen) atoms. The van der Waals surface area contributed by atoms with Crippen LogP contribution in [0.15, 0.2) is 23.2 Å². The summed E-state index contributed by atoms with van der Waals surface area (Å²) in [6.45, 7) is 8.72. The molecule has 1 aromatic carbocycles. The second-order valence-corrected chi connectivity index (χ2v) is 8.31. The highest BCUT2D eigenvalue weighted by Gasteiger charge is 2.27. The van der Waals surface area contributed by atoms with E-state index in [1.165, 1.54) is 25.5 Å². The van der Waals surface area contributed by atoms with Crippen molar-refractivity contribution in [3.63, 3.8) is 0 Å². The summed E-state index contributed by atoms with van der Waals surface area (Å²) in [6.07, 6.45) is 3.33. The molecule has 0 amide bonds. The van der Waals surface area contributed by atoms with Crippen molar-refractivity contribution in [2.24, 2.45) is 10.9 Å². The maximum absolute atomic E-state index is 14.3. The van der Waals surface area contributed by atoms with E-state index in [1.807, 2.05) is 7.05 Å². The lowest BCUT2D eigenvalue weighted by molar-refractivity contribution is 0.124.